The van der Waals surface area contributed by atoms with Crippen LogP contribution in [0.15, 0.2) is 46.0 Å². The van der Waals surface area contributed by atoms with E-state index in [4.69, 9.17) is 23.2 Å². The minimum Gasteiger partial charge on any atom is -0.327 e. The zero-order valence-electron chi connectivity index (χ0n) is 13.4. The Morgan fingerprint density at radius 1 is 1.15 bits per heavy atom. The van der Waals surface area contributed by atoms with Gasteiger partial charge in [0, 0.05) is 22.5 Å². The van der Waals surface area contributed by atoms with Crippen molar-refractivity contribution < 1.29 is 0 Å². The minimum absolute atomic E-state index is 0.280. The van der Waals surface area contributed by atoms with Crippen LogP contribution in [0.5, 0.6) is 0 Å². The number of hydrazone groups is 1. The van der Waals surface area contributed by atoms with Crippen LogP contribution in [0.25, 0.3) is 22.1 Å². The molecule has 2 aromatic carbocycles. The summed E-state index contributed by atoms with van der Waals surface area (Å²) >= 11 is 15.7. The fraction of sp³-hybridized carbons (Fsp3) is 0.0588. The van der Waals surface area contributed by atoms with Crippen molar-refractivity contribution in [2.24, 2.45) is 12.1 Å². The summed E-state index contributed by atoms with van der Waals surface area (Å²) in [5.74, 6) is 0.280. The van der Waals surface area contributed by atoms with Gasteiger partial charge in [-0.3, -0.25) is 0 Å². The number of anilines is 1. The highest BCUT2D eigenvalue weighted by Gasteiger charge is 2.12. The van der Waals surface area contributed by atoms with Gasteiger partial charge in [0.25, 0.3) is 5.95 Å². The third-order valence-electron chi connectivity index (χ3n) is 3.92. The van der Waals surface area contributed by atoms with Crippen LogP contribution in [0.3, 0.4) is 0 Å². The monoisotopic (exact) mass is 448 g/mol. The van der Waals surface area contributed by atoms with Crippen LogP contribution < -0.4 is 5.43 Å². The van der Waals surface area contributed by atoms with E-state index >= 15 is 0 Å². The number of hydrogen-bond acceptors (Lipinski definition) is 5. The van der Waals surface area contributed by atoms with Crippen molar-refractivity contribution in [2.75, 3.05) is 5.43 Å². The molecule has 0 fully saturated rings. The number of nitrogens with one attached hydrogen (secondary N) is 1. The molecule has 0 spiro atoms. The maximum absolute atomic E-state index is 6.11. The molecule has 0 amide bonds. The second kappa shape index (κ2) is 6.83. The molecular formula is C17H11BrCl2N6. The van der Waals surface area contributed by atoms with Crippen molar-refractivity contribution in [1.82, 2.24) is 19.7 Å². The fourth-order valence-electron chi connectivity index (χ4n) is 2.67. The van der Waals surface area contributed by atoms with Crippen molar-refractivity contribution in [1.29, 1.82) is 0 Å². The lowest BCUT2D eigenvalue weighted by Gasteiger charge is -2.01. The molecule has 9 heteroatoms. The van der Waals surface area contributed by atoms with Crippen molar-refractivity contribution >= 4 is 73.4 Å². The summed E-state index contributed by atoms with van der Waals surface area (Å²) < 4.78 is 2.94. The van der Waals surface area contributed by atoms with Gasteiger partial charge in [0.05, 0.1) is 21.8 Å². The third-order valence-corrected chi connectivity index (χ3v) is 5.07. The largest absolute Gasteiger partial charge is 0.327 e. The topological polar surface area (TPSA) is 68.0 Å². The van der Waals surface area contributed by atoms with Crippen LogP contribution in [-0.2, 0) is 7.05 Å². The molecule has 0 bridgehead atoms. The van der Waals surface area contributed by atoms with Crippen molar-refractivity contribution in [3.05, 3.63) is 56.5 Å². The van der Waals surface area contributed by atoms with E-state index in [0.29, 0.717) is 21.3 Å². The van der Waals surface area contributed by atoms with Gasteiger partial charge in [-0.2, -0.15) is 10.1 Å². The van der Waals surface area contributed by atoms with Crippen LogP contribution in [0.2, 0.25) is 10.0 Å². The second-order valence-corrected chi connectivity index (χ2v) is 7.26. The maximum atomic E-state index is 6.11. The molecule has 0 atom stereocenters. The number of rotatable bonds is 3. The van der Waals surface area contributed by atoms with Gasteiger partial charge in [0.1, 0.15) is 5.52 Å². The summed E-state index contributed by atoms with van der Waals surface area (Å²) in [5, 5.41) is 14.5. The molecular weight excluding hydrogens is 439 g/mol. The Bertz CT molecular complexity index is 1150. The summed E-state index contributed by atoms with van der Waals surface area (Å²) in [4.78, 5) is 4.50. The van der Waals surface area contributed by atoms with Gasteiger partial charge >= 0.3 is 0 Å². The number of halogens is 3. The van der Waals surface area contributed by atoms with E-state index in [2.05, 4.69) is 41.6 Å². The highest BCUT2D eigenvalue weighted by atomic mass is 79.9. The van der Waals surface area contributed by atoms with Crippen molar-refractivity contribution in [3.8, 4) is 0 Å². The van der Waals surface area contributed by atoms with E-state index in [1.54, 1.807) is 18.2 Å². The number of hydrogen-bond donors (Lipinski definition) is 1. The van der Waals surface area contributed by atoms with E-state index in [1.807, 2.05) is 29.8 Å². The first kappa shape index (κ1) is 17.2. The summed E-state index contributed by atoms with van der Waals surface area (Å²) in [5.41, 5.74) is 5.85. The first-order valence-corrected chi connectivity index (χ1v) is 9.11. The molecule has 0 radical (unpaired) electrons. The van der Waals surface area contributed by atoms with Gasteiger partial charge in [-0.15, -0.1) is 10.2 Å². The Balaban J connectivity index is 1.69. The first-order valence-electron chi connectivity index (χ1n) is 7.56. The molecule has 130 valence electrons. The average Bonchev–Trinajstić information content (AvgIpc) is 2.89. The van der Waals surface area contributed by atoms with Crippen molar-refractivity contribution in [3.63, 3.8) is 0 Å². The number of aromatic nitrogens is 4. The summed E-state index contributed by atoms with van der Waals surface area (Å²) in [7, 11) is 1.93. The Morgan fingerprint density at radius 3 is 2.69 bits per heavy atom. The molecule has 4 aromatic rings. The van der Waals surface area contributed by atoms with Crippen LogP contribution in [0, 0.1) is 0 Å². The molecule has 0 aliphatic carbocycles. The molecule has 4 rings (SSSR count). The Labute approximate surface area is 167 Å². The van der Waals surface area contributed by atoms with Crippen molar-refractivity contribution in [2.45, 2.75) is 0 Å². The second-order valence-electron chi connectivity index (χ2n) is 5.53. The van der Waals surface area contributed by atoms with Gasteiger partial charge in [-0.05, 0) is 30.3 Å². The number of fused-ring (bicyclic) bond motifs is 3. The standard InChI is InChI=1S/C17H11BrCl2N6/c1-26-14-6-5-9(18)7-10(14)15-16(26)22-17(25-23-15)24-21-8-11-12(19)3-2-4-13(11)20/h2-8H,1H3,(H,22,24,25)/b21-8+. The van der Waals surface area contributed by atoms with E-state index < -0.39 is 0 Å². The van der Waals surface area contributed by atoms with Gasteiger partial charge in [-0.25, -0.2) is 5.43 Å². The van der Waals surface area contributed by atoms with Crippen LogP contribution >= 0.6 is 39.1 Å². The first-order chi connectivity index (χ1) is 12.5. The average molecular weight is 450 g/mol. The lowest BCUT2D eigenvalue weighted by atomic mass is 10.2. The SMILES string of the molecule is Cn1c2ccc(Br)cc2c2nnc(N/N=C/c3c(Cl)cccc3Cl)nc21. The predicted octanol–water partition coefficient (Wildman–Crippen LogP) is 5.03. The van der Waals surface area contributed by atoms with Gasteiger partial charge < -0.3 is 4.57 Å². The zero-order chi connectivity index (χ0) is 18.3. The number of aryl methyl sites for hydroxylation is 1. The van der Waals surface area contributed by atoms with Gasteiger partial charge in [0.15, 0.2) is 5.65 Å². The van der Waals surface area contributed by atoms with Crippen LogP contribution in [-0.4, -0.2) is 26.0 Å². The molecule has 2 heterocycles. The summed E-state index contributed by atoms with van der Waals surface area (Å²) in [6.07, 6.45) is 1.52. The number of nitrogens with zero attached hydrogens (tertiary/aromatic N) is 5. The predicted molar refractivity (Wildman–Crippen MR) is 109 cm³/mol. The van der Waals surface area contributed by atoms with Crippen LogP contribution in [0.4, 0.5) is 5.95 Å². The quantitative estimate of drug-likeness (QED) is 0.351. The smallest absolute Gasteiger partial charge is 0.265 e. The highest BCUT2D eigenvalue weighted by Crippen LogP contribution is 2.28. The molecule has 0 unspecified atom stereocenters. The highest BCUT2D eigenvalue weighted by molar-refractivity contribution is 9.10. The Kier molecular flexibility index (Phi) is 4.52. The van der Waals surface area contributed by atoms with E-state index in [9.17, 15) is 0 Å². The Hall–Kier alpha value is -2.22. The Morgan fingerprint density at radius 2 is 1.92 bits per heavy atom. The molecule has 0 aliphatic rings. The minimum atomic E-state index is 0.280. The molecule has 26 heavy (non-hydrogen) atoms. The fourth-order valence-corrected chi connectivity index (χ4v) is 3.52. The van der Waals surface area contributed by atoms with E-state index in [0.717, 1.165) is 20.9 Å². The molecule has 0 aliphatic heterocycles. The molecule has 0 saturated heterocycles. The van der Waals surface area contributed by atoms with Gasteiger partial charge in [0.2, 0.25) is 0 Å². The molecule has 6 nitrogen and oxygen atoms in total. The molecule has 0 saturated carbocycles. The van der Waals surface area contributed by atoms with E-state index in [-0.39, 0.29) is 5.95 Å². The normalized spacial score (nSPS) is 11.7. The summed E-state index contributed by atoms with van der Waals surface area (Å²) in [6, 6.07) is 11.2. The number of benzene rings is 2. The zero-order valence-corrected chi connectivity index (χ0v) is 16.5. The maximum Gasteiger partial charge on any atom is 0.265 e. The third kappa shape index (κ3) is 3.02. The molecule has 1 N–H and O–H groups in total. The van der Waals surface area contributed by atoms with Crippen LogP contribution in [0.1, 0.15) is 5.56 Å². The lowest BCUT2D eigenvalue weighted by molar-refractivity contribution is 0.949. The van der Waals surface area contributed by atoms with E-state index in [1.165, 1.54) is 6.21 Å². The molecule has 2 aromatic heterocycles. The summed E-state index contributed by atoms with van der Waals surface area (Å²) in [6.45, 7) is 0. The lowest BCUT2D eigenvalue weighted by Crippen LogP contribution is -2.01. The van der Waals surface area contributed by atoms with Gasteiger partial charge in [-0.1, -0.05) is 45.2 Å².